The lowest BCUT2D eigenvalue weighted by Crippen LogP contribution is -3.00. The number of hydrogen-bond donors (Lipinski definition) is 9. The zero-order valence-corrected chi connectivity index (χ0v) is 50.0. The number of rotatable bonds is 40. The molecule has 0 aromatic rings. The van der Waals surface area contributed by atoms with E-state index in [2.05, 4.69) is 48.8 Å². The summed E-state index contributed by atoms with van der Waals surface area (Å²) in [6, 6.07) is 0. The van der Waals surface area contributed by atoms with E-state index in [1.165, 1.54) is 0 Å². The average Bonchev–Trinajstić information content (AvgIpc) is 3.35. The molecule has 78 heavy (non-hydrogen) atoms. The van der Waals surface area contributed by atoms with Crippen molar-refractivity contribution in [2.24, 2.45) is 0 Å². The lowest BCUT2D eigenvalue weighted by molar-refractivity contribution is -0.870. The fourth-order valence-electron chi connectivity index (χ4n) is 8.90. The normalized spacial score (nSPS) is 24.7. The Balaban J connectivity index is 0. The van der Waals surface area contributed by atoms with Gasteiger partial charge in [0.25, 0.3) is 0 Å². The van der Waals surface area contributed by atoms with E-state index >= 15 is 0 Å². The molecule has 14 atom stereocenters. The van der Waals surface area contributed by atoms with E-state index in [1.807, 2.05) is 0 Å². The number of nitrogens with zero attached hydrogens (tertiary/aromatic N) is 1. The summed E-state index contributed by atoms with van der Waals surface area (Å²) in [5.41, 5.74) is 0. The molecule has 2 aliphatic heterocycles. The zero-order chi connectivity index (χ0) is 58.3. The predicted molar refractivity (Wildman–Crippen MR) is 291 cm³/mol. The molecule has 0 amide bonds. The Hall–Kier alpha value is -2.31. The van der Waals surface area contributed by atoms with E-state index in [0.717, 1.165) is 139 Å². The maximum absolute atomic E-state index is 12.7. The molecule has 14 unspecified atom stereocenters. The van der Waals surface area contributed by atoms with Crippen LogP contribution < -0.4 is 12.4 Å². The predicted octanol–water partition coefficient (Wildman–Crippen LogP) is 4.08. The fraction of sp³-hybridized carbons (Fsp3) is 0.930. The average molecular weight is 1150 g/mol. The summed E-state index contributed by atoms with van der Waals surface area (Å²) in [5.74, 6) is -3.13. The van der Waals surface area contributed by atoms with Crippen LogP contribution in [-0.4, -0.2) is 194 Å². The molecule has 0 spiro atoms. The van der Waals surface area contributed by atoms with Crippen molar-refractivity contribution in [2.45, 2.75) is 307 Å². The topological polar surface area (TPSA) is 306 Å². The van der Waals surface area contributed by atoms with Crippen molar-refractivity contribution in [1.82, 2.24) is 0 Å². The van der Waals surface area contributed by atoms with Crippen LogP contribution in [0.4, 0.5) is 0 Å². The molecular weight excluding hydrogens is 1040 g/mol. The molecule has 0 aromatic carbocycles. The van der Waals surface area contributed by atoms with Crippen molar-refractivity contribution in [3.63, 3.8) is 0 Å². The van der Waals surface area contributed by atoms with Gasteiger partial charge in [-0.25, -0.2) is 0 Å². The first kappa shape index (κ1) is 77.8. The number of carboxylic acids is 2. The Morgan fingerprint density at radius 1 is 0.436 bits per heavy atom. The second kappa shape index (κ2) is 46.2. The standard InChI is InChI=1S/2C26H48O9.C5H14NO.ClH/c2*1-4-6-8-10-12-14-19(16-21(27)28)34-22(29)17-20(15-13-11-9-7-5-2)35-26-25(32)24(31)23(30)18(3)33-26;1-6(2,3)4-5-7;/h2*18-20,23-26,30-32H,4-17H2,1-3H3,(H,27,28);7H,4-5H2,1-3H3;1H/q;;+1;/p-1. The van der Waals surface area contributed by atoms with Gasteiger partial charge in [0.2, 0.25) is 0 Å². The summed E-state index contributed by atoms with van der Waals surface area (Å²) in [6.07, 6.45) is 6.84. The summed E-state index contributed by atoms with van der Waals surface area (Å²) in [6.45, 7) is 12.8. The summed E-state index contributed by atoms with van der Waals surface area (Å²) >= 11 is 0. The molecule has 0 aliphatic carbocycles. The highest BCUT2D eigenvalue weighted by atomic mass is 35.5. The second-order valence-corrected chi connectivity index (χ2v) is 22.3. The Bertz CT molecular complexity index is 1410. The number of carboxylic acid groups (broad SMARTS) is 2. The number of aliphatic carboxylic acids is 2. The number of quaternary nitrogens is 1. The molecule has 464 valence electrons. The highest BCUT2D eigenvalue weighted by molar-refractivity contribution is 5.72. The third kappa shape index (κ3) is 37.7. The maximum Gasteiger partial charge on any atom is 0.308 e. The van der Waals surface area contributed by atoms with Crippen LogP contribution >= 0.6 is 0 Å². The SMILES string of the molecule is CCCCCCCC(CC(=O)O)OC(=O)CC(CCCCCCC)OC1OC(C)C(O)C(O)C1O.CCCCCCCC(CC(=O)O)OC(=O)CC(CCCCCCC)OC1OC(C)C(O)C(O)C1O.C[N+](C)(C)CCO.[Cl-]. The highest BCUT2D eigenvalue weighted by Crippen LogP contribution is 2.28. The number of ether oxygens (including phenoxy) is 6. The minimum atomic E-state index is -1.46. The van der Waals surface area contributed by atoms with Crippen molar-refractivity contribution < 1.29 is 110 Å². The fourth-order valence-corrected chi connectivity index (χ4v) is 8.90. The largest absolute Gasteiger partial charge is 1.00 e. The van der Waals surface area contributed by atoms with Gasteiger partial charge in [-0.05, 0) is 52.4 Å². The van der Waals surface area contributed by atoms with Gasteiger partial charge in [0.15, 0.2) is 12.6 Å². The van der Waals surface area contributed by atoms with Crippen LogP contribution in [0.15, 0.2) is 0 Å². The van der Waals surface area contributed by atoms with Crippen molar-refractivity contribution in [3.05, 3.63) is 0 Å². The summed E-state index contributed by atoms with van der Waals surface area (Å²) in [4.78, 5) is 48.0. The Kier molecular flexibility index (Phi) is 46.1. The Morgan fingerprint density at radius 2 is 0.718 bits per heavy atom. The first-order valence-corrected chi connectivity index (χ1v) is 29.4. The molecule has 0 saturated carbocycles. The maximum atomic E-state index is 12.7. The van der Waals surface area contributed by atoms with Gasteiger partial charge in [0.05, 0.1) is 77.8 Å². The van der Waals surface area contributed by atoms with Crippen molar-refractivity contribution in [3.8, 4) is 0 Å². The van der Waals surface area contributed by atoms with Crippen LogP contribution in [0.25, 0.3) is 0 Å². The monoisotopic (exact) mass is 1150 g/mol. The van der Waals surface area contributed by atoms with Crippen LogP contribution in [-0.2, 0) is 47.6 Å². The van der Waals surface area contributed by atoms with Gasteiger partial charge in [-0.1, -0.05) is 143 Å². The number of likely N-dealkylation sites (N-methyl/N-ethyl adjacent to an activating group) is 1. The third-order valence-electron chi connectivity index (χ3n) is 13.7. The van der Waals surface area contributed by atoms with Crippen LogP contribution in [0.1, 0.15) is 221 Å². The van der Waals surface area contributed by atoms with E-state index in [-0.39, 0.29) is 44.7 Å². The molecule has 0 bridgehead atoms. The number of esters is 2. The van der Waals surface area contributed by atoms with Crippen molar-refractivity contribution in [2.75, 3.05) is 34.3 Å². The molecule has 2 saturated heterocycles. The van der Waals surface area contributed by atoms with Crippen LogP contribution in [0.3, 0.4) is 0 Å². The minimum Gasteiger partial charge on any atom is -1.00 e. The summed E-state index contributed by atoms with van der Waals surface area (Å²) in [7, 11) is 6.16. The first-order chi connectivity index (χ1) is 36.4. The van der Waals surface area contributed by atoms with E-state index in [4.69, 9.17) is 33.5 Å². The van der Waals surface area contributed by atoms with E-state index < -0.39 is 110 Å². The number of hydrogen-bond acceptors (Lipinski definition) is 17. The molecule has 2 aliphatic rings. The van der Waals surface area contributed by atoms with Gasteiger partial charge in [0, 0.05) is 0 Å². The molecule has 21 heteroatoms. The quantitative estimate of drug-likeness (QED) is 0.0237. The zero-order valence-electron chi connectivity index (χ0n) is 49.2. The molecule has 9 N–H and O–H groups in total. The Morgan fingerprint density at radius 3 is 0.962 bits per heavy atom. The molecular formula is C57H110ClNO19. The minimum absolute atomic E-state index is 0. The van der Waals surface area contributed by atoms with E-state index in [9.17, 15) is 60.0 Å². The molecule has 2 rings (SSSR count). The number of unbranched alkanes of at least 4 members (excludes halogenated alkanes) is 16. The number of aliphatic hydroxyl groups is 7. The van der Waals surface area contributed by atoms with Gasteiger partial charge in [-0.3, -0.25) is 19.2 Å². The summed E-state index contributed by atoms with van der Waals surface area (Å²) in [5, 5.41) is 87.5. The van der Waals surface area contributed by atoms with Gasteiger partial charge < -0.3 is 91.3 Å². The molecule has 2 heterocycles. The van der Waals surface area contributed by atoms with Crippen LogP contribution in [0, 0.1) is 0 Å². The van der Waals surface area contributed by atoms with Gasteiger partial charge in [0.1, 0.15) is 55.4 Å². The van der Waals surface area contributed by atoms with E-state index in [0.29, 0.717) is 25.7 Å². The molecule has 0 aromatic heterocycles. The third-order valence-corrected chi connectivity index (χ3v) is 13.7. The van der Waals surface area contributed by atoms with Crippen LogP contribution in [0.2, 0.25) is 0 Å². The van der Waals surface area contributed by atoms with Gasteiger partial charge >= 0.3 is 23.9 Å². The number of carbonyl (C=O) groups is 4. The second-order valence-electron chi connectivity index (χ2n) is 22.3. The Labute approximate surface area is 474 Å². The lowest BCUT2D eigenvalue weighted by atomic mass is 9.99. The van der Waals surface area contributed by atoms with E-state index in [1.54, 1.807) is 13.8 Å². The number of aliphatic hydroxyl groups excluding tert-OH is 7. The highest BCUT2D eigenvalue weighted by Gasteiger charge is 2.45. The lowest BCUT2D eigenvalue weighted by Gasteiger charge is -2.40. The first-order valence-electron chi connectivity index (χ1n) is 29.4. The number of halogens is 1. The van der Waals surface area contributed by atoms with Crippen molar-refractivity contribution in [1.29, 1.82) is 0 Å². The number of carbonyl (C=O) groups excluding carboxylic acids is 2. The van der Waals surface area contributed by atoms with Gasteiger partial charge in [-0.15, -0.1) is 0 Å². The molecule has 2 fully saturated rings. The molecule has 0 radical (unpaired) electrons. The molecule has 20 nitrogen and oxygen atoms in total. The smallest absolute Gasteiger partial charge is 0.308 e. The van der Waals surface area contributed by atoms with Crippen LogP contribution in [0.5, 0.6) is 0 Å². The van der Waals surface area contributed by atoms with Crippen molar-refractivity contribution >= 4 is 23.9 Å². The van der Waals surface area contributed by atoms with Gasteiger partial charge in [-0.2, -0.15) is 0 Å². The summed E-state index contributed by atoms with van der Waals surface area (Å²) < 4.78 is 34.8.